The molecule has 1 heterocycles. The van der Waals surface area contributed by atoms with Gasteiger partial charge in [0.2, 0.25) is 0 Å². The summed E-state index contributed by atoms with van der Waals surface area (Å²) < 4.78 is 0. The number of hydrogen-bond donors (Lipinski definition) is 6. The first-order valence-corrected chi connectivity index (χ1v) is 9.38. The molecule has 0 unspecified atom stereocenters. The standard InChI is InChI=1S/C18H42N6/c1-16(2,19)10-7-13-22-14(8-11-17(3,4)20)24-15(23-13)9-12-18(5,6)21/h13-15,22-24H,7-12,19-21H2,1-6H3. The molecular formula is C18H42N6. The smallest absolute Gasteiger partial charge is 0.0596 e. The molecule has 9 N–H and O–H groups in total. The van der Waals surface area contributed by atoms with Crippen LogP contribution in [0.2, 0.25) is 0 Å². The summed E-state index contributed by atoms with van der Waals surface area (Å²) in [5, 5.41) is 11.0. The van der Waals surface area contributed by atoms with Crippen LogP contribution in [0.25, 0.3) is 0 Å². The van der Waals surface area contributed by atoms with Crippen molar-refractivity contribution in [2.75, 3.05) is 0 Å². The Kier molecular flexibility index (Phi) is 7.66. The first kappa shape index (κ1) is 21.8. The zero-order valence-electron chi connectivity index (χ0n) is 16.7. The Morgan fingerprint density at radius 2 is 0.750 bits per heavy atom. The Hall–Kier alpha value is -0.240. The van der Waals surface area contributed by atoms with E-state index in [1.54, 1.807) is 0 Å². The summed E-state index contributed by atoms with van der Waals surface area (Å²) in [5.74, 6) is 0. The van der Waals surface area contributed by atoms with Crippen LogP contribution in [0.4, 0.5) is 0 Å². The van der Waals surface area contributed by atoms with E-state index < -0.39 is 0 Å². The molecule has 1 aliphatic rings. The van der Waals surface area contributed by atoms with Crippen LogP contribution in [-0.2, 0) is 0 Å². The monoisotopic (exact) mass is 342 g/mol. The van der Waals surface area contributed by atoms with E-state index in [1.165, 1.54) is 0 Å². The van der Waals surface area contributed by atoms with Crippen molar-refractivity contribution in [2.24, 2.45) is 17.2 Å². The Morgan fingerprint density at radius 3 is 0.917 bits per heavy atom. The molecule has 0 saturated carbocycles. The molecule has 24 heavy (non-hydrogen) atoms. The van der Waals surface area contributed by atoms with Crippen LogP contribution in [-0.4, -0.2) is 35.1 Å². The second kappa shape index (κ2) is 8.43. The van der Waals surface area contributed by atoms with Gasteiger partial charge >= 0.3 is 0 Å². The minimum atomic E-state index is -0.141. The highest BCUT2D eigenvalue weighted by Gasteiger charge is 2.29. The highest BCUT2D eigenvalue weighted by molar-refractivity contribution is 4.88. The molecule has 0 atom stereocenters. The predicted molar refractivity (Wildman–Crippen MR) is 103 cm³/mol. The fourth-order valence-corrected chi connectivity index (χ4v) is 2.92. The van der Waals surface area contributed by atoms with E-state index in [-0.39, 0.29) is 35.1 Å². The Morgan fingerprint density at radius 1 is 0.542 bits per heavy atom. The molecule has 0 aromatic heterocycles. The van der Waals surface area contributed by atoms with Crippen molar-refractivity contribution in [1.82, 2.24) is 16.0 Å². The summed E-state index contributed by atoms with van der Waals surface area (Å²) in [4.78, 5) is 0. The topological polar surface area (TPSA) is 114 Å². The summed E-state index contributed by atoms with van der Waals surface area (Å²) in [7, 11) is 0. The van der Waals surface area contributed by atoms with Crippen LogP contribution in [0.5, 0.6) is 0 Å². The summed E-state index contributed by atoms with van der Waals surface area (Å²) in [6.45, 7) is 12.5. The minimum Gasteiger partial charge on any atom is -0.326 e. The highest BCUT2D eigenvalue weighted by Crippen LogP contribution is 2.17. The van der Waals surface area contributed by atoms with Crippen molar-refractivity contribution in [3.05, 3.63) is 0 Å². The van der Waals surface area contributed by atoms with Crippen LogP contribution in [0.3, 0.4) is 0 Å². The van der Waals surface area contributed by atoms with Gasteiger partial charge in [0.05, 0.1) is 18.5 Å². The molecule has 0 aliphatic carbocycles. The number of nitrogens with one attached hydrogen (secondary N) is 3. The van der Waals surface area contributed by atoms with Gasteiger partial charge in [0.15, 0.2) is 0 Å². The van der Waals surface area contributed by atoms with E-state index >= 15 is 0 Å². The highest BCUT2D eigenvalue weighted by atomic mass is 15.3. The maximum absolute atomic E-state index is 6.15. The molecule has 1 saturated heterocycles. The van der Waals surface area contributed by atoms with Crippen LogP contribution in [0, 0.1) is 0 Å². The van der Waals surface area contributed by atoms with Gasteiger partial charge in [-0.05, 0) is 80.1 Å². The molecule has 0 bridgehead atoms. The number of hydrogen-bond acceptors (Lipinski definition) is 6. The van der Waals surface area contributed by atoms with Gasteiger partial charge in [0, 0.05) is 16.6 Å². The van der Waals surface area contributed by atoms with Gasteiger partial charge in [-0.25, -0.2) is 0 Å². The molecule has 0 aromatic carbocycles. The van der Waals surface area contributed by atoms with Gasteiger partial charge in [-0.15, -0.1) is 0 Å². The molecule has 1 rings (SSSR count). The van der Waals surface area contributed by atoms with Gasteiger partial charge in [-0.2, -0.15) is 0 Å². The van der Waals surface area contributed by atoms with E-state index in [1.807, 2.05) is 0 Å². The van der Waals surface area contributed by atoms with Crippen molar-refractivity contribution >= 4 is 0 Å². The molecule has 0 spiro atoms. The van der Waals surface area contributed by atoms with E-state index in [0.29, 0.717) is 0 Å². The second-order valence-electron chi connectivity index (χ2n) is 9.74. The van der Waals surface area contributed by atoms with Crippen LogP contribution >= 0.6 is 0 Å². The van der Waals surface area contributed by atoms with Gasteiger partial charge in [0.1, 0.15) is 0 Å². The lowest BCUT2D eigenvalue weighted by Gasteiger charge is -2.41. The number of nitrogens with two attached hydrogens (primary N) is 3. The first-order valence-electron chi connectivity index (χ1n) is 9.38. The second-order valence-corrected chi connectivity index (χ2v) is 9.74. The fraction of sp³-hybridized carbons (Fsp3) is 1.00. The van der Waals surface area contributed by atoms with Gasteiger partial charge in [-0.1, -0.05) is 0 Å². The van der Waals surface area contributed by atoms with Crippen molar-refractivity contribution in [3.63, 3.8) is 0 Å². The third-order valence-corrected chi connectivity index (χ3v) is 4.44. The molecule has 6 heteroatoms. The van der Waals surface area contributed by atoms with Crippen molar-refractivity contribution < 1.29 is 0 Å². The molecule has 0 radical (unpaired) electrons. The van der Waals surface area contributed by atoms with Crippen molar-refractivity contribution in [2.45, 2.75) is 115 Å². The minimum absolute atomic E-state index is 0.141. The van der Waals surface area contributed by atoms with E-state index in [9.17, 15) is 0 Å². The molecule has 144 valence electrons. The predicted octanol–water partition coefficient (Wildman–Crippen LogP) is 1.30. The third kappa shape index (κ3) is 10.6. The van der Waals surface area contributed by atoms with Gasteiger partial charge < -0.3 is 17.2 Å². The summed E-state index contributed by atoms with van der Waals surface area (Å²) in [6, 6.07) is 0. The Balaban J connectivity index is 2.60. The summed E-state index contributed by atoms with van der Waals surface area (Å²) >= 11 is 0. The van der Waals surface area contributed by atoms with E-state index in [4.69, 9.17) is 17.2 Å². The van der Waals surface area contributed by atoms with Gasteiger partial charge in [-0.3, -0.25) is 16.0 Å². The normalized spacial score (nSPS) is 26.6. The first-order chi connectivity index (χ1) is 10.7. The molecule has 0 amide bonds. The maximum Gasteiger partial charge on any atom is 0.0596 e. The third-order valence-electron chi connectivity index (χ3n) is 4.44. The largest absolute Gasteiger partial charge is 0.326 e. The Bertz CT molecular complexity index is 300. The van der Waals surface area contributed by atoms with E-state index in [0.717, 1.165) is 38.5 Å². The molecular weight excluding hydrogens is 300 g/mol. The maximum atomic E-state index is 6.15. The average Bonchev–Trinajstić information content (AvgIpc) is 2.38. The lowest BCUT2D eigenvalue weighted by atomic mass is 9.95. The lowest BCUT2D eigenvalue weighted by Crippen LogP contribution is -2.67. The van der Waals surface area contributed by atoms with Crippen LogP contribution < -0.4 is 33.2 Å². The SMILES string of the molecule is CC(C)(N)CCC1NC(CCC(C)(C)N)NC(CCC(C)(C)N)N1. The summed E-state index contributed by atoms with van der Waals surface area (Å²) in [6.07, 6.45) is 6.76. The zero-order chi connectivity index (χ0) is 18.6. The molecule has 6 nitrogen and oxygen atoms in total. The quantitative estimate of drug-likeness (QED) is 0.376. The van der Waals surface area contributed by atoms with Crippen molar-refractivity contribution in [1.29, 1.82) is 0 Å². The van der Waals surface area contributed by atoms with Crippen molar-refractivity contribution in [3.8, 4) is 0 Å². The van der Waals surface area contributed by atoms with Crippen LogP contribution in [0.15, 0.2) is 0 Å². The van der Waals surface area contributed by atoms with E-state index in [2.05, 4.69) is 57.5 Å². The van der Waals surface area contributed by atoms with Crippen LogP contribution in [0.1, 0.15) is 80.1 Å². The molecule has 1 aliphatic heterocycles. The molecule has 1 fully saturated rings. The fourth-order valence-electron chi connectivity index (χ4n) is 2.92. The Labute approximate surface area is 149 Å². The number of rotatable bonds is 9. The van der Waals surface area contributed by atoms with Gasteiger partial charge in [0.25, 0.3) is 0 Å². The molecule has 0 aromatic rings. The average molecular weight is 343 g/mol. The summed E-state index contributed by atoms with van der Waals surface area (Å²) in [5.41, 5.74) is 18.0. The zero-order valence-corrected chi connectivity index (χ0v) is 16.7. The lowest BCUT2D eigenvalue weighted by molar-refractivity contribution is 0.159.